The number of rotatable bonds is 10. The molecule has 3 nitrogen and oxygen atoms in total. The molecule has 1 unspecified atom stereocenters. The van der Waals surface area contributed by atoms with Crippen LogP contribution in [0.25, 0.3) is 0 Å². The summed E-state index contributed by atoms with van der Waals surface area (Å²) < 4.78 is 4.60. The molecule has 0 aromatic carbocycles. The Morgan fingerprint density at radius 1 is 1.17 bits per heavy atom. The highest BCUT2D eigenvalue weighted by Crippen LogP contribution is 2.39. The molecule has 0 N–H and O–H groups in total. The van der Waals surface area contributed by atoms with Gasteiger partial charge in [0, 0.05) is 18.3 Å². The van der Waals surface area contributed by atoms with Crippen molar-refractivity contribution in [2.75, 3.05) is 12.9 Å². The molecule has 0 saturated carbocycles. The van der Waals surface area contributed by atoms with Crippen molar-refractivity contribution in [3.63, 3.8) is 0 Å². The van der Waals surface area contributed by atoms with E-state index in [4.69, 9.17) is 4.89 Å². The Bertz CT molecular complexity index is 217. The molecular formula is C14H30O3S. The Balaban J connectivity index is 3.99. The summed E-state index contributed by atoms with van der Waals surface area (Å²) in [6.45, 7) is 14.4. The summed E-state index contributed by atoms with van der Waals surface area (Å²) in [7, 11) is 0. The van der Waals surface area contributed by atoms with Gasteiger partial charge in [0.1, 0.15) is 0 Å². The minimum Gasteiger partial charge on any atom is -0.205 e. The van der Waals surface area contributed by atoms with Gasteiger partial charge in [-0.25, -0.2) is 4.89 Å². The van der Waals surface area contributed by atoms with E-state index >= 15 is 0 Å². The van der Waals surface area contributed by atoms with E-state index in [1.54, 1.807) is 6.26 Å². The van der Waals surface area contributed by atoms with Crippen molar-refractivity contribution in [1.82, 2.24) is 0 Å². The Morgan fingerprint density at radius 3 is 2.28 bits per heavy atom. The van der Waals surface area contributed by atoms with Gasteiger partial charge in [0.25, 0.3) is 0 Å². The minimum absolute atomic E-state index is 0.259. The van der Waals surface area contributed by atoms with Crippen LogP contribution in [0.3, 0.4) is 0 Å². The van der Waals surface area contributed by atoms with Crippen molar-refractivity contribution in [3.8, 4) is 0 Å². The van der Waals surface area contributed by atoms with Gasteiger partial charge in [-0.2, -0.15) is 0 Å². The second kappa shape index (κ2) is 8.41. The average Bonchev–Trinajstić information content (AvgIpc) is 2.28. The van der Waals surface area contributed by atoms with Gasteiger partial charge < -0.3 is 0 Å². The van der Waals surface area contributed by atoms with E-state index in [2.05, 4.69) is 50.9 Å². The normalized spacial score (nSPS) is 14.8. The third-order valence-corrected chi connectivity index (χ3v) is 4.30. The maximum absolute atomic E-state index is 4.96. The lowest BCUT2D eigenvalue weighted by atomic mass is 9.69. The first-order chi connectivity index (χ1) is 8.25. The molecule has 0 bridgehead atoms. The second-order valence-corrected chi connectivity index (χ2v) is 6.96. The molecule has 0 aromatic heterocycles. The first-order valence-electron chi connectivity index (χ1n) is 6.74. The standard InChI is InChI=1S/C14H30O3S/c1-8-14(5,6)12(2)11-13(3,4)9-10-15-16-17-18-7/h12H,8-11H2,1-7H3. The van der Waals surface area contributed by atoms with Crippen LogP contribution in [0.4, 0.5) is 0 Å². The lowest BCUT2D eigenvalue weighted by molar-refractivity contribution is -0.461. The monoisotopic (exact) mass is 278 g/mol. The second-order valence-electron chi connectivity index (χ2n) is 6.49. The summed E-state index contributed by atoms with van der Waals surface area (Å²) >= 11 is 1.13. The van der Waals surface area contributed by atoms with Crippen molar-refractivity contribution in [3.05, 3.63) is 0 Å². The SMILES string of the molecule is CCC(C)(C)C(C)CC(C)(C)CCOOOSC. The van der Waals surface area contributed by atoms with Gasteiger partial charge in [0.2, 0.25) is 0 Å². The van der Waals surface area contributed by atoms with Crippen molar-refractivity contribution in [1.29, 1.82) is 0 Å². The van der Waals surface area contributed by atoms with Gasteiger partial charge in [0.15, 0.2) is 0 Å². The van der Waals surface area contributed by atoms with Gasteiger partial charge >= 0.3 is 0 Å². The van der Waals surface area contributed by atoms with Gasteiger partial charge in [-0.05, 0) is 29.6 Å². The lowest BCUT2D eigenvalue weighted by Crippen LogP contribution is -2.27. The maximum atomic E-state index is 4.96. The van der Waals surface area contributed by atoms with Crippen molar-refractivity contribution < 1.29 is 14.3 Å². The van der Waals surface area contributed by atoms with Gasteiger partial charge in [-0.15, -0.1) is 4.33 Å². The van der Waals surface area contributed by atoms with Crippen molar-refractivity contribution >= 4 is 12.0 Å². The molecule has 1 atom stereocenters. The molecule has 0 amide bonds. The molecule has 0 rings (SSSR count). The Kier molecular flexibility index (Phi) is 8.52. The summed E-state index contributed by atoms with van der Waals surface area (Å²) in [6, 6.07) is 0. The Labute approximate surface area is 117 Å². The van der Waals surface area contributed by atoms with Crippen LogP contribution >= 0.6 is 12.0 Å². The Hall–Kier alpha value is 0.230. The van der Waals surface area contributed by atoms with E-state index in [9.17, 15) is 0 Å². The highest BCUT2D eigenvalue weighted by atomic mass is 32.2. The molecule has 0 fully saturated rings. The fraction of sp³-hybridized carbons (Fsp3) is 1.00. The zero-order valence-corrected chi connectivity index (χ0v) is 13.9. The predicted molar refractivity (Wildman–Crippen MR) is 77.9 cm³/mol. The largest absolute Gasteiger partial charge is 0.205 e. The average molecular weight is 278 g/mol. The van der Waals surface area contributed by atoms with E-state index in [1.165, 1.54) is 12.8 Å². The maximum Gasteiger partial charge on any atom is 0.0859 e. The van der Waals surface area contributed by atoms with Gasteiger partial charge in [0.05, 0.1) is 6.61 Å². The van der Waals surface area contributed by atoms with Crippen LogP contribution in [0.5, 0.6) is 0 Å². The molecule has 0 aliphatic heterocycles. The topological polar surface area (TPSA) is 27.7 Å². The molecule has 18 heavy (non-hydrogen) atoms. The quantitative estimate of drug-likeness (QED) is 0.243. The summed E-state index contributed by atoms with van der Waals surface area (Å²) in [6.07, 6.45) is 5.16. The van der Waals surface area contributed by atoms with Crippen LogP contribution in [0, 0.1) is 16.7 Å². The zero-order chi connectivity index (χ0) is 14.2. The smallest absolute Gasteiger partial charge is 0.0859 e. The molecule has 0 heterocycles. The summed E-state index contributed by atoms with van der Waals surface area (Å²) in [4.78, 5) is 4.96. The van der Waals surface area contributed by atoms with Crippen LogP contribution in [0.1, 0.15) is 60.8 Å². The van der Waals surface area contributed by atoms with Crippen LogP contribution in [-0.2, 0) is 14.3 Å². The number of hydrogen-bond donors (Lipinski definition) is 0. The summed E-state index contributed by atoms with van der Waals surface area (Å²) in [5.74, 6) is 0.695. The fourth-order valence-electron chi connectivity index (χ4n) is 1.96. The molecule has 0 aromatic rings. The first-order valence-corrected chi connectivity index (χ1v) is 7.89. The third-order valence-electron chi connectivity index (χ3n) is 4.11. The molecule has 110 valence electrons. The summed E-state index contributed by atoms with van der Waals surface area (Å²) in [5.41, 5.74) is 0.658. The van der Waals surface area contributed by atoms with Crippen LogP contribution in [-0.4, -0.2) is 12.9 Å². The van der Waals surface area contributed by atoms with E-state index in [1.807, 2.05) is 0 Å². The highest BCUT2D eigenvalue weighted by Gasteiger charge is 2.29. The van der Waals surface area contributed by atoms with Gasteiger partial charge in [-0.3, -0.25) is 0 Å². The van der Waals surface area contributed by atoms with Gasteiger partial charge in [-0.1, -0.05) is 53.0 Å². The molecule has 4 heteroatoms. The molecule has 0 aliphatic rings. The lowest BCUT2D eigenvalue weighted by Gasteiger charge is -2.36. The first kappa shape index (κ1) is 18.2. The van der Waals surface area contributed by atoms with E-state index < -0.39 is 0 Å². The zero-order valence-electron chi connectivity index (χ0n) is 13.0. The number of hydrogen-bond acceptors (Lipinski definition) is 4. The minimum atomic E-state index is 0.259. The molecule has 0 spiro atoms. The van der Waals surface area contributed by atoms with E-state index in [0.717, 1.165) is 18.5 Å². The molecule has 0 radical (unpaired) electrons. The van der Waals surface area contributed by atoms with Crippen molar-refractivity contribution in [2.45, 2.75) is 60.8 Å². The highest BCUT2D eigenvalue weighted by molar-refractivity contribution is 7.93. The van der Waals surface area contributed by atoms with Crippen LogP contribution in [0.15, 0.2) is 0 Å². The fourth-order valence-corrected chi connectivity index (χ4v) is 2.05. The Morgan fingerprint density at radius 2 is 1.78 bits per heavy atom. The van der Waals surface area contributed by atoms with Crippen molar-refractivity contribution in [2.24, 2.45) is 16.7 Å². The molecule has 0 aliphatic carbocycles. The predicted octanol–water partition coefficient (Wildman–Crippen LogP) is 5.02. The molecule has 0 saturated heterocycles. The van der Waals surface area contributed by atoms with E-state index in [0.29, 0.717) is 17.9 Å². The molecular weight excluding hydrogens is 248 g/mol. The van der Waals surface area contributed by atoms with Crippen LogP contribution in [0.2, 0.25) is 0 Å². The van der Waals surface area contributed by atoms with E-state index in [-0.39, 0.29) is 5.41 Å². The third kappa shape index (κ3) is 7.62. The summed E-state index contributed by atoms with van der Waals surface area (Å²) in [5, 5.41) is 4.53. The van der Waals surface area contributed by atoms with Crippen LogP contribution < -0.4 is 0 Å².